The summed E-state index contributed by atoms with van der Waals surface area (Å²) in [5.74, 6) is -0.0533. The van der Waals surface area contributed by atoms with E-state index < -0.39 is 0 Å². The molecule has 1 aliphatic rings. The molecule has 0 spiro atoms. The maximum Gasteiger partial charge on any atom is 0.131 e. The summed E-state index contributed by atoms with van der Waals surface area (Å²) in [6.45, 7) is 0. The summed E-state index contributed by atoms with van der Waals surface area (Å²) in [6, 6.07) is 9.99. The van der Waals surface area contributed by atoms with Gasteiger partial charge in [0.15, 0.2) is 0 Å². The number of hydrogen-bond acceptors (Lipinski definition) is 1. The average Bonchev–Trinajstić information content (AvgIpc) is 2.67. The largest absolute Gasteiger partial charge is 0.302 e. The summed E-state index contributed by atoms with van der Waals surface area (Å²) < 4.78 is 0. The lowest BCUT2D eigenvalue weighted by Gasteiger charge is -2.06. The molecule has 0 aromatic heterocycles. The van der Waals surface area contributed by atoms with Gasteiger partial charge in [-0.2, -0.15) is 0 Å². The molecule has 0 fully saturated rings. The van der Waals surface area contributed by atoms with Crippen LogP contribution in [0.2, 0.25) is 0 Å². The highest BCUT2D eigenvalue weighted by atomic mass is 16.1. The smallest absolute Gasteiger partial charge is 0.131 e. The van der Waals surface area contributed by atoms with Crippen LogP contribution in [-0.4, -0.2) is 6.29 Å². The first-order chi connectivity index (χ1) is 6.42. The summed E-state index contributed by atoms with van der Waals surface area (Å²) in [7, 11) is 0. The monoisotopic (exact) mass is 170 g/mol. The number of carbonyl (C=O) groups is 1. The molecule has 64 valence electrons. The van der Waals surface area contributed by atoms with Crippen LogP contribution in [0.25, 0.3) is 5.57 Å². The molecule has 0 saturated carbocycles. The van der Waals surface area contributed by atoms with Crippen LogP contribution in [0.5, 0.6) is 0 Å². The van der Waals surface area contributed by atoms with Crippen LogP contribution in [0.4, 0.5) is 0 Å². The fraction of sp³-hybridized carbons (Fsp3) is 0.0833. The molecule has 2 rings (SSSR count). The van der Waals surface area contributed by atoms with Gasteiger partial charge in [-0.25, -0.2) is 0 Å². The van der Waals surface area contributed by atoms with Gasteiger partial charge in [0.2, 0.25) is 0 Å². The zero-order valence-electron chi connectivity index (χ0n) is 7.18. The fourth-order valence-corrected chi connectivity index (χ4v) is 1.53. The minimum absolute atomic E-state index is 0.0533. The van der Waals surface area contributed by atoms with E-state index in [0.717, 1.165) is 17.4 Å². The van der Waals surface area contributed by atoms with Crippen LogP contribution >= 0.6 is 0 Å². The van der Waals surface area contributed by atoms with E-state index in [2.05, 4.69) is 0 Å². The predicted molar refractivity (Wildman–Crippen MR) is 53.1 cm³/mol. The van der Waals surface area contributed by atoms with Crippen LogP contribution in [0.1, 0.15) is 5.56 Å². The third-order valence-corrected chi connectivity index (χ3v) is 2.21. The molecule has 1 atom stereocenters. The van der Waals surface area contributed by atoms with Gasteiger partial charge in [0.25, 0.3) is 0 Å². The molecule has 1 nitrogen and oxygen atoms in total. The van der Waals surface area contributed by atoms with Gasteiger partial charge in [-0.15, -0.1) is 0 Å². The molecule has 1 aromatic rings. The van der Waals surface area contributed by atoms with Crippen LogP contribution < -0.4 is 0 Å². The van der Waals surface area contributed by atoms with Gasteiger partial charge in [0.1, 0.15) is 6.29 Å². The quantitative estimate of drug-likeness (QED) is 0.623. The predicted octanol–water partition coefficient (Wildman–Crippen LogP) is 2.45. The van der Waals surface area contributed by atoms with Gasteiger partial charge < -0.3 is 4.79 Å². The van der Waals surface area contributed by atoms with Crippen LogP contribution in [-0.2, 0) is 4.79 Å². The van der Waals surface area contributed by atoms with E-state index in [9.17, 15) is 4.79 Å². The Kier molecular flexibility index (Phi) is 2.09. The fourth-order valence-electron chi connectivity index (χ4n) is 1.53. The molecule has 13 heavy (non-hydrogen) atoms. The van der Waals surface area contributed by atoms with E-state index in [1.165, 1.54) is 0 Å². The molecular weight excluding hydrogens is 160 g/mol. The maximum atomic E-state index is 10.7. The lowest BCUT2D eigenvalue weighted by molar-refractivity contribution is -0.108. The normalized spacial score (nSPS) is 20.0. The van der Waals surface area contributed by atoms with Gasteiger partial charge in [0.05, 0.1) is 5.92 Å². The summed E-state index contributed by atoms with van der Waals surface area (Å²) in [5, 5.41) is 0. The lowest BCUT2D eigenvalue weighted by atomic mass is 9.97. The first-order valence-corrected chi connectivity index (χ1v) is 4.31. The Balaban J connectivity index is 2.34. The average molecular weight is 170 g/mol. The van der Waals surface area contributed by atoms with Crippen molar-refractivity contribution in [1.29, 1.82) is 0 Å². The van der Waals surface area contributed by atoms with Crippen molar-refractivity contribution >= 4 is 11.9 Å². The zero-order chi connectivity index (χ0) is 9.10. The second-order valence-electron chi connectivity index (χ2n) is 3.03. The van der Waals surface area contributed by atoms with Crippen molar-refractivity contribution in [2.24, 2.45) is 5.92 Å². The van der Waals surface area contributed by atoms with Crippen molar-refractivity contribution in [3.05, 3.63) is 54.1 Å². The summed E-state index contributed by atoms with van der Waals surface area (Å²) >= 11 is 0. The van der Waals surface area contributed by atoms with E-state index in [0.29, 0.717) is 0 Å². The first kappa shape index (κ1) is 7.99. The maximum absolute atomic E-state index is 10.7. The number of rotatable bonds is 2. The standard InChI is InChI=1S/C12H10O/c13-9-11-7-4-8-12(11)10-5-2-1-3-6-10/h1-9,11H. The molecule has 0 radical (unpaired) electrons. The van der Waals surface area contributed by atoms with Gasteiger partial charge in [-0.05, 0) is 11.1 Å². The number of aldehydes is 1. The van der Waals surface area contributed by atoms with Crippen LogP contribution in [0.3, 0.4) is 0 Å². The van der Waals surface area contributed by atoms with E-state index in [1.54, 1.807) is 0 Å². The molecule has 0 amide bonds. The minimum Gasteiger partial charge on any atom is -0.302 e. The highest BCUT2D eigenvalue weighted by Gasteiger charge is 2.14. The van der Waals surface area contributed by atoms with Crippen molar-refractivity contribution in [2.45, 2.75) is 0 Å². The Morgan fingerprint density at radius 1 is 1.15 bits per heavy atom. The number of hydrogen-bond donors (Lipinski definition) is 0. The lowest BCUT2D eigenvalue weighted by Crippen LogP contribution is -1.97. The van der Waals surface area contributed by atoms with Crippen molar-refractivity contribution in [1.82, 2.24) is 0 Å². The van der Waals surface area contributed by atoms with Crippen molar-refractivity contribution in [3.8, 4) is 0 Å². The number of allylic oxidation sites excluding steroid dienone is 4. The molecule has 0 bridgehead atoms. The minimum atomic E-state index is -0.0533. The highest BCUT2D eigenvalue weighted by Crippen LogP contribution is 2.27. The molecule has 1 aliphatic carbocycles. The Morgan fingerprint density at radius 2 is 1.92 bits per heavy atom. The van der Waals surface area contributed by atoms with Gasteiger partial charge in [-0.1, -0.05) is 48.6 Å². The third kappa shape index (κ3) is 1.45. The molecule has 0 N–H and O–H groups in total. The van der Waals surface area contributed by atoms with E-state index in [1.807, 2.05) is 48.6 Å². The van der Waals surface area contributed by atoms with Crippen molar-refractivity contribution in [3.63, 3.8) is 0 Å². The van der Waals surface area contributed by atoms with E-state index in [-0.39, 0.29) is 5.92 Å². The molecule has 1 unspecified atom stereocenters. The number of benzene rings is 1. The molecule has 0 heterocycles. The molecular formula is C12H10O. The van der Waals surface area contributed by atoms with Crippen LogP contribution in [0, 0.1) is 5.92 Å². The van der Waals surface area contributed by atoms with Gasteiger partial charge in [0, 0.05) is 0 Å². The second-order valence-corrected chi connectivity index (χ2v) is 3.03. The topological polar surface area (TPSA) is 17.1 Å². The Hall–Kier alpha value is -1.63. The van der Waals surface area contributed by atoms with Crippen molar-refractivity contribution < 1.29 is 4.79 Å². The van der Waals surface area contributed by atoms with E-state index in [4.69, 9.17) is 0 Å². The van der Waals surface area contributed by atoms with Crippen molar-refractivity contribution in [2.75, 3.05) is 0 Å². The Bertz CT molecular complexity index is 360. The van der Waals surface area contributed by atoms with Crippen LogP contribution in [0.15, 0.2) is 48.6 Å². The summed E-state index contributed by atoms with van der Waals surface area (Å²) in [6.07, 6.45) is 6.81. The molecule has 1 aromatic carbocycles. The molecule has 0 aliphatic heterocycles. The molecule has 0 saturated heterocycles. The first-order valence-electron chi connectivity index (χ1n) is 4.31. The SMILES string of the molecule is O=CC1C=CC=C1c1ccccc1. The summed E-state index contributed by atoms with van der Waals surface area (Å²) in [5.41, 5.74) is 2.22. The van der Waals surface area contributed by atoms with E-state index >= 15 is 0 Å². The van der Waals surface area contributed by atoms with Gasteiger partial charge in [-0.3, -0.25) is 0 Å². The number of carbonyl (C=O) groups excluding carboxylic acids is 1. The highest BCUT2D eigenvalue weighted by molar-refractivity contribution is 5.85. The second kappa shape index (κ2) is 3.40. The van der Waals surface area contributed by atoms with Gasteiger partial charge >= 0.3 is 0 Å². The zero-order valence-corrected chi connectivity index (χ0v) is 7.18. The summed E-state index contributed by atoms with van der Waals surface area (Å²) in [4.78, 5) is 10.7. The Morgan fingerprint density at radius 3 is 2.62 bits per heavy atom. The molecule has 1 heteroatoms. The third-order valence-electron chi connectivity index (χ3n) is 2.21. The Labute approximate surface area is 77.4 Å².